The van der Waals surface area contributed by atoms with Gasteiger partial charge in [-0.3, -0.25) is 15.1 Å². The molecule has 0 saturated carbocycles. The molecule has 1 aromatic rings. The van der Waals surface area contributed by atoms with Crippen molar-refractivity contribution in [2.75, 3.05) is 25.0 Å². The summed E-state index contributed by atoms with van der Waals surface area (Å²) in [7, 11) is 1.92. The van der Waals surface area contributed by atoms with Crippen LogP contribution in [0.3, 0.4) is 0 Å². The van der Waals surface area contributed by atoms with Crippen LogP contribution in [-0.2, 0) is 0 Å². The van der Waals surface area contributed by atoms with Crippen molar-refractivity contribution >= 4 is 27.3 Å². The standard InChI is InChI=1S/C11H15BrN4O2/c1-13-8-3-2-4-15(7-8)11-9(12)5-14-6-10(11)16(17)18/h5-6,8,13H,2-4,7H2,1H3. The molecule has 1 N–H and O–H groups in total. The van der Waals surface area contributed by atoms with Crippen molar-refractivity contribution in [1.29, 1.82) is 0 Å². The number of nitrogens with zero attached hydrogens (tertiary/aromatic N) is 3. The van der Waals surface area contributed by atoms with Gasteiger partial charge in [0.1, 0.15) is 11.9 Å². The maximum atomic E-state index is 11.1. The summed E-state index contributed by atoms with van der Waals surface area (Å²) in [5.74, 6) is 0. The molecule has 0 radical (unpaired) electrons. The monoisotopic (exact) mass is 314 g/mol. The Kier molecular flexibility index (Phi) is 4.13. The Morgan fingerprint density at radius 2 is 2.39 bits per heavy atom. The molecule has 1 aliphatic rings. The van der Waals surface area contributed by atoms with Crippen LogP contribution in [0.5, 0.6) is 0 Å². The van der Waals surface area contributed by atoms with Crippen LogP contribution in [-0.4, -0.2) is 36.1 Å². The van der Waals surface area contributed by atoms with Gasteiger partial charge in [-0.05, 0) is 35.8 Å². The molecule has 1 atom stereocenters. The number of piperidine rings is 1. The van der Waals surface area contributed by atoms with Crippen LogP contribution in [0.1, 0.15) is 12.8 Å². The molecule has 0 aromatic carbocycles. The smallest absolute Gasteiger partial charge is 0.311 e. The highest BCUT2D eigenvalue weighted by atomic mass is 79.9. The third kappa shape index (κ3) is 2.62. The van der Waals surface area contributed by atoms with Crippen molar-refractivity contribution < 1.29 is 4.92 Å². The molecule has 6 nitrogen and oxygen atoms in total. The van der Waals surface area contributed by atoms with Gasteiger partial charge in [-0.15, -0.1) is 0 Å². The molecule has 2 rings (SSSR count). The Balaban J connectivity index is 2.34. The number of likely N-dealkylation sites (N-methyl/N-ethyl adjacent to an activating group) is 1. The largest absolute Gasteiger partial charge is 0.363 e. The van der Waals surface area contributed by atoms with Crippen LogP contribution < -0.4 is 10.2 Å². The van der Waals surface area contributed by atoms with Gasteiger partial charge in [-0.2, -0.15) is 0 Å². The Morgan fingerprint density at radius 3 is 3.06 bits per heavy atom. The summed E-state index contributed by atoms with van der Waals surface area (Å²) < 4.78 is 0.674. The Labute approximate surface area is 114 Å². The summed E-state index contributed by atoms with van der Waals surface area (Å²) in [5.41, 5.74) is 0.691. The molecule has 18 heavy (non-hydrogen) atoms. The van der Waals surface area contributed by atoms with Gasteiger partial charge in [-0.25, -0.2) is 0 Å². The van der Waals surface area contributed by atoms with Crippen LogP contribution in [0.4, 0.5) is 11.4 Å². The van der Waals surface area contributed by atoms with E-state index in [-0.39, 0.29) is 10.6 Å². The Hall–Kier alpha value is -1.21. The number of nitro groups is 1. The Bertz CT molecular complexity index is 455. The Morgan fingerprint density at radius 1 is 1.61 bits per heavy atom. The lowest BCUT2D eigenvalue weighted by Gasteiger charge is -2.34. The maximum absolute atomic E-state index is 11.1. The van der Waals surface area contributed by atoms with Gasteiger partial charge in [0.05, 0.1) is 9.40 Å². The van der Waals surface area contributed by atoms with Gasteiger partial charge in [0.15, 0.2) is 0 Å². The van der Waals surface area contributed by atoms with Crippen molar-refractivity contribution in [2.45, 2.75) is 18.9 Å². The molecule has 1 saturated heterocycles. The summed E-state index contributed by atoms with van der Waals surface area (Å²) in [6.07, 6.45) is 5.04. The summed E-state index contributed by atoms with van der Waals surface area (Å²) in [6, 6.07) is 0.374. The van der Waals surface area contributed by atoms with Crippen LogP contribution in [0.2, 0.25) is 0 Å². The van der Waals surface area contributed by atoms with Crippen molar-refractivity contribution in [1.82, 2.24) is 10.3 Å². The second-order valence-corrected chi connectivity index (χ2v) is 5.17. The van der Waals surface area contributed by atoms with E-state index in [0.717, 1.165) is 25.9 Å². The number of hydrogen-bond acceptors (Lipinski definition) is 5. The molecule has 98 valence electrons. The quantitative estimate of drug-likeness (QED) is 0.682. The molecule has 0 aliphatic carbocycles. The van der Waals surface area contributed by atoms with Gasteiger partial charge in [0.25, 0.3) is 0 Å². The van der Waals surface area contributed by atoms with E-state index in [9.17, 15) is 10.1 Å². The van der Waals surface area contributed by atoms with Gasteiger partial charge in [0, 0.05) is 25.3 Å². The lowest BCUT2D eigenvalue weighted by atomic mass is 10.1. The first-order chi connectivity index (χ1) is 8.63. The average molecular weight is 315 g/mol. The fourth-order valence-electron chi connectivity index (χ4n) is 2.28. The van der Waals surface area contributed by atoms with E-state index >= 15 is 0 Å². The predicted octanol–water partition coefficient (Wildman–Crippen LogP) is 1.94. The molecule has 1 unspecified atom stereocenters. The zero-order valence-corrected chi connectivity index (χ0v) is 11.7. The summed E-state index contributed by atoms with van der Waals surface area (Å²) in [6.45, 7) is 1.61. The first-order valence-corrected chi connectivity index (χ1v) is 6.63. The van der Waals surface area contributed by atoms with E-state index in [4.69, 9.17) is 0 Å². The van der Waals surface area contributed by atoms with Gasteiger partial charge in [-0.1, -0.05) is 0 Å². The van der Waals surface area contributed by atoms with Crippen molar-refractivity contribution in [3.05, 3.63) is 27.0 Å². The molecule has 7 heteroatoms. The van der Waals surface area contributed by atoms with E-state index in [1.54, 1.807) is 6.20 Å². The van der Waals surface area contributed by atoms with E-state index < -0.39 is 0 Å². The number of pyridine rings is 1. The number of aromatic nitrogens is 1. The highest BCUT2D eigenvalue weighted by Gasteiger charge is 2.27. The van der Waals surface area contributed by atoms with Crippen LogP contribution in [0.25, 0.3) is 0 Å². The number of halogens is 1. The van der Waals surface area contributed by atoms with E-state index in [1.807, 2.05) is 7.05 Å². The second-order valence-electron chi connectivity index (χ2n) is 4.32. The molecule has 1 aromatic heterocycles. The van der Waals surface area contributed by atoms with Gasteiger partial charge in [0.2, 0.25) is 0 Å². The third-order valence-electron chi connectivity index (χ3n) is 3.20. The van der Waals surface area contributed by atoms with Gasteiger partial charge < -0.3 is 10.2 Å². The molecule has 2 heterocycles. The highest BCUT2D eigenvalue weighted by molar-refractivity contribution is 9.10. The molecule has 1 aliphatic heterocycles. The van der Waals surface area contributed by atoms with Crippen LogP contribution in [0.15, 0.2) is 16.9 Å². The topological polar surface area (TPSA) is 71.3 Å². The average Bonchev–Trinajstić information content (AvgIpc) is 2.38. The maximum Gasteiger partial charge on any atom is 0.311 e. The normalized spacial score (nSPS) is 19.9. The number of rotatable bonds is 3. The highest BCUT2D eigenvalue weighted by Crippen LogP contribution is 2.36. The lowest BCUT2D eigenvalue weighted by Crippen LogP contribution is -2.44. The molecular weight excluding hydrogens is 300 g/mol. The summed E-state index contributed by atoms with van der Waals surface area (Å²) in [4.78, 5) is 16.6. The van der Waals surface area contributed by atoms with Crippen LogP contribution >= 0.6 is 15.9 Å². The minimum atomic E-state index is -0.379. The summed E-state index contributed by atoms with van der Waals surface area (Å²) >= 11 is 3.36. The third-order valence-corrected chi connectivity index (χ3v) is 3.78. The van der Waals surface area contributed by atoms with Crippen LogP contribution in [0, 0.1) is 10.1 Å². The SMILES string of the molecule is CNC1CCCN(c2c(Br)cncc2[N+](=O)[O-])C1. The molecule has 0 bridgehead atoms. The molecular formula is C11H15BrN4O2. The summed E-state index contributed by atoms with van der Waals surface area (Å²) in [5, 5.41) is 14.3. The second kappa shape index (κ2) is 5.62. The minimum Gasteiger partial charge on any atom is -0.363 e. The molecule has 1 fully saturated rings. The molecule has 0 amide bonds. The first kappa shape index (κ1) is 13.2. The van der Waals surface area contributed by atoms with Gasteiger partial charge >= 0.3 is 5.69 Å². The first-order valence-electron chi connectivity index (χ1n) is 5.83. The number of hydrogen-bond donors (Lipinski definition) is 1. The fraction of sp³-hybridized carbons (Fsp3) is 0.545. The van der Waals surface area contributed by atoms with Crippen molar-refractivity contribution in [3.63, 3.8) is 0 Å². The van der Waals surface area contributed by atoms with Crippen molar-refractivity contribution in [2.24, 2.45) is 0 Å². The lowest BCUT2D eigenvalue weighted by molar-refractivity contribution is -0.384. The number of anilines is 1. The minimum absolute atomic E-state index is 0.0566. The number of nitrogens with one attached hydrogen (secondary N) is 1. The fourth-order valence-corrected chi connectivity index (χ4v) is 2.85. The zero-order valence-electron chi connectivity index (χ0n) is 10.1. The van der Waals surface area contributed by atoms with E-state index in [0.29, 0.717) is 16.2 Å². The predicted molar refractivity (Wildman–Crippen MR) is 72.9 cm³/mol. The van der Waals surface area contributed by atoms with E-state index in [2.05, 4.69) is 31.1 Å². The molecule has 0 spiro atoms. The van der Waals surface area contributed by atoms with E-state index in [1.165, 1.54) is 6.20 Å². The zero-order chi connectivity index (χ0) is 13.1. The van der Waals surface area contributed by atoms with Crippen molar-refractivity contribution in [3.8, 4) is 0 Å².